The van der Waals surface area contributed by atoms with Crippen molar-refractivity contribution in [3.05, 3.63) is 0 Å². The van der Waals surface area contributed by atoms with Gasteiger partial charge in [-0.1, -0.05) is 13.8 Å². The molecule has 0 amide bonds. The molecule has 1 atom stereocenters. The van der Waals surface area contributed by atoms with Crippen molar-refractivity contribution in [3.63, 3.8) is 0 Å². The number of sulfonamides is 1. The van der Waals surface area contributed by atoms with Crippen LogP contribution in [-0.4, -0.2) is 43.3 Å². The molecule has 4 nitrogen and oxygen atoms in total. The molecule has 1 unspecified atom stereocenters. The van der Waals surface area contributed by atoms with Crippen LogP contribution in [-0.2, 0) is 10.0 Å². The number of hydrogen-bond acceptors (Lipinski definition) is 3. The second-order valence-electron chi connectivity index (χ2n) is 4.91. The second-order valence-corrected chi connectivity index (χ2v) is 6.89. The lowest BCUT2D eigenvalue weighted by molar-refractivity contribution is 0.122. The maximum Gasteiger partial charge on any atom is 0.211 e. The second kappa shape index (κ2) is 3.79. The van der Waals surface area contributed by atoms with Gasteiger partial charge >= 0.3 is 0 Å². The van der Waals surface area contributed by atoms with Gasteiger partial charge in [0.15, 0.2) is 0 Å². The lowest BCUT2D eigenvalue weighted by atomic mass is 9.87. The number of aliphatic hydroxyl groups is 1. The third kappa shape index (κ3) is 3.22. The van der Waals surface area contributed by atoms with Crippen molar-refractivity contribution in [1.29, 1.82) is 0 Å². The van der Waals surface area contributed by atoms with Crippen LogP contribution in [0.25, 0.3) is 0 Å². The fourth-order valence-corrected chi connectivity index (χ4v) is 2.96. The van der Waals surface area contributed by atoms with Gasteiger partial charge in [-0.25, -0.2) is 12.7 Å². The fourth-order valence-electron chi connectivity index (χ4n) is 1.94. The molecule has 84 valence electrons. The van der Waals surface area contributed by atoms with Crippen LogP contribution in [0.1, 0.15) is 26.7 Å². The zero-order valence-electron chi connectivity index (χ0n) is 9.02. The smallest absolute Gasteiger partial charge is 0.211 e. The van der Waals surface area contributed by atoms with Crippen molar-refractivity contribution in [2.75, 3.05) is 19.3 Å². The first-order valence-electron chi connectivity index (χ1n) is 4.84. The van der Waals surface area contributed by atoms with E-state index in [0.717, 1.165) is 0 Å². The van der Waals surface area contributed by atoms with Gasteiger partial charge in [0.05, 0.1) is 12.4 Å². The Bertz CT molecular complexity index is 297. The van der Waals surface area contributed by atoms with Crippen LogP contribution < -0.4 is 0 Å². The average molecular weight is 221 g/mol. The van der Waals surface area contributed by atoms with Gasteiger partial charge in [-0.15, -0.1) is 0 Å². The summed E-state index contributed by atoms with van der Waals surface area (Å²) in [5.41, 5.74) is -0.140. The standard InChI is InChI=1S/C9H19NO3S/c1-9(2)6-8(11)4-5-10(7-9)14(3,12)13/h8,11H,4-7H2,1-3H3. The Morgan fingerprint density at radius 2 is 2.00 bits per heavy atom. The van der Waals surface area contributed by atoms with Crippen LogP contribution in [0.4, 0.5) is 0 Å². The molecule has 0 spiro atoms. The van der Waals surface area contributed by atoms with Crippen molar-refractivity contribution < 1.29 is 13.5 Å². The summed E-state index contributed by atoms with van der Waals surface area (Å²) in [5, 5.41) is 9.59. The Hall–Kier alpha value is -0.130. The largest absolute Gasteiger partial charge is 0.393 e. The third-order valence-corrected chi connectivity index (χ3v) is 3.82. The third-order valence-electron chi connectivity index (χ3n) is 2.57. The van der Waals surface area contributed by atoms with Gasteiger partial charge in [-0.3, -0.25) is 0 Å². The molecule has 5 heteroatoms. The topological polar surface area (TPSA) is 57.6 Å². The van der Waals surface area contributed by atoms with Crippen LogP contribution >= 0.6 is 0 Å². The Morgan fingerprint density at radius 3 is 2.50 bits per heavy atom. The first kappa shape index (κ1) is 11.9. The molecule has 0 aromatic rings. The molecule has 0 aromatic heterocycles. The van der Waals surface area contributed by atoms with Crippen LogP contribution in [0.15, 0.2) is 0 Å². The van der Waals surface area contributed by atoms with Crippen LogP contribution in [0.3, 0.4) is 0 Å². The molecule has 1 rings (SSSR count). The normalized spacial score (nSPS) is 29.9. The predicted octanol–water partition coefficient (Wildman–Crippen LogP) is 0.429. The molecule has 1 heterocycles. The minimum absolute atomic E-state index is 0.140. The van der Waals surface area contributed by atoms with Gasteiger partial charge in [0.25, 0.3) is 0 Å². The molecule has 1 N–H and O–H groups in total. The highest BCUT2D eigenvalue weighted by atomic mass is 32.2. The van der Waals surface area contributed by atoms with Crippen LogP contribution in [0.5, 0.6) is 0 Å². The Labute approximate surface area is 86.0 Å². The van der Waals surface area contributed by atoms with E-state index in [9.17, 15) is 13.5 Å². The lowest BCUT2D eigenvalue weighted by Crippen LogP contribution is -2.36. The zero-order chi connectivity index (χ0) is 11.0. The summed E-state index contributed by atoms with van der Waals surface area (Å²) in [6, 6.07) is 0. The van der Waals surface area contributed by atoms with Crippen molar-refractivity contribution >= 4 is 10.0 Å². The fraction of sp³-hybridized carbons (Fsp3) is 1.00. The molecular weight excluding hydrogens is 202 g/mol. The minimum atomic E-state index is -3.12. The number of rotatable bonds is 1. The SMILES string of the molecule is CC1(C)CC(O)CCN(S(C)(=O)=O)C1. The Balaban J connectivity index is 2.83. The van der Waals surface area contributed by atoms with Crippen LogP contribution in [0, 0.1) is 5.41 Å². The molecule has 1 aliphatic heterocycles. The monoisotopic (exact) mass is 221 g/mol. The summed E-state index contributed by atoms with van der Waals surface area (Å²) < 4.78 is 24.2. The van der Waals surface area contributed by atoms with E-state index >= 15 is 0 Å². The van der Waals surface area contributed by atoms with Gasteiger partial charge in [0.1, 0.15) is 0 Å². The average Bonchev–Trinajstić information content (AvgIpc) is 2.05. The van der Waals surface area contributed by atoms with Crippen molar-refractivity contribution in [3.8, 4) is 0 Å². The Kier molecular flexibility index (Phi) is 3.23. The van der Waals surface area contributed by atoms with Crippen LogP contribution in [0.2, 0.25) is 0 Å². The molecule has 1 aliphatic rings. The van der Waals surface area contributed by atoms with Gasteiger partial charge in [-0.05, 0) is 18.3 Å². The highest BCUT2D eigenvalue weighted by molar-refractivity contribution is 7.88. The molecule has 0 bridgehead atoms. The first-order valence-corrected chi connectivity index (χ1v) is 6.69. The van der Waals surface area contributed by atoms with Crippen molar-refractivity contribution in [2.45, 2.75) is 32.8 Å². The van der Waals surface area contributed by atoms with Crippen molar-refractivity contribution in [2.24, 2.45) is 5.41 Å². The van der Waals surface area contributed by atoms with E-state index in [2.05, 4.69) is 0 Å². The van der Waals surface area contributed by atoms with E-state index < -0.39 is 10.0 Å². The minimum Gasteiger partial charge on any atom is -0.393 e. The zero-order valence-corrected chi connectivity index (χ0v) is 9.84. The van der Waals surface area contributed by atoms with Crippen molar-refractivity contribution in [1.82, 2.24) is 4.31 Å². The summed E-state index contributed by atoms with van der Waals surface area (Å²) in [5.74, 6) is 0. The van der Waals surface area contributed by atoms with E-state index in [1.54, 1.807) is 0 Å². The lowest BCUT2D eigenvalue weighted by Gasteiger charge is -2.28. The molecular formula is C9H19NO3S. The first-order chi connectivity index (χ1) is 6.21. The molecule has 1 fully saturated rings. The van der Waals surface area contributed by atoms with Gasteiger partial charge < -0.3 is 5.11 Å². The molecule has 14 heavy (non-hydrogen) atoms. The van der Waals surface area contributed by atoms with Gasteiger partial charge in [-0.2, -0.15) is 0 Å². The number of nitrogens with zero attached hydrogens (tertiary/aromatic N) is 1. The maximum atomic E-state index is 11.4. The van der Waals surface area contributed by atoms with E-state index in [0.29, 0.717) is 25.9 Å². The van der Waals surface area contributed by atoms with Gasteiger partial charge in [0, 0.05) is 13.1 Å². The molecule has 1 saturated heterocycles. The molecule has 0 radical (unpaired) electrons. The van der Waals surface area contributed by atoms with E-state index in [1.807, 2.05) is 13.8 Å². The summed E-state index contributed by atoms with van der Waals surface area (Å²) in [6.07, 6.45) is 2.05. The van der Waals surface area contributed by atoms with Gasteiger partial charge in [0.2, 0.25) is 10.0 Å². The quantitative estimate of drug-likeness (QED) is 0.698. The molecule has 0 aromatic carbocycles. The summed E-state index contributed by atoms with van der Waals surface area (Å²) >= 11 is 0. The number of aliphatic hydroxyl groups excluding tert-OH is 1. The summed E-state index contributed by atoms with van der Waals surface area (Å²) in [7, 11) is -3.12. The highest BCUT2D eigenvalue weighted by Gasteiger charge is 2.32. The maximum absolute atomic E-state index is 11.4. The predicted molar refractivity (Wildman–Crippen MR) is 55.4 cm³/mol. The summed E-state index contributed by atoms with van der Waals surface area (Å²) in [6.45, 7) is 4.91. The van der Waals surface area contributed by atoms with E-state index in [1.165, 1.54) is 10.6 Å². The molecule has 0 aliphatic carbocycles. The summed E-state index contributed by atoms with van der Waals surface area (Å²) in [4.78, 5) is 0. The van der Waals surface area contributed by atoms with E-state index in [4.69, 9.17) is 0 Å². The highest BCUT2D eigenvalue weighted by Crippen LogP contribution is 2.29. The Morgan fingerprint density at radius 1 is 1.43 bits per heavy atom. The molecule has 0 saturated carbocycles. The van der Waals surface area contributed by atoms with E-state index in [-0.39, 0.29) is 11.5 Å². The number of hydrogen-bond donors (Lipinski definition) is 1.